The van der Waals surface area contributed by atoms with Crippen molar-refractivity contribution in [2.45, 2.75) is 40.5 Å². The number of halogens is 8. The molecular weight excluding hydrogens is 598 g/mol. The SMILES string of the molecule is O=C(C1CCS(=O)(=O)C1)N1CCC(c2ccc(C(F)(C(F)(F)F)C(F)(F)F)cc2)(S(=O)(=O)c2ccc(F)cc2)C1. The largest absolute Gasteiger partial charge is 0.435 e. The molecule has 2 aliphatic rings. The van der Waals surface area contributed by atoms with Gasteiger partial charge in [0, 0.05) is 18.7 Å². The van der Waals surface area contributed by atoms with E-state index in [1.165, 1.54) is 0 Å². The van der Waals surface area contributed by atoms with E-state index in [0.717, 1.165) is 29.2 Å². The Kier molecular flexibility index (Phi) is 7.30. The number of sulfone groups is 2. The Labute approximate surface area is 223 Å². The van der Waals surface area contributed by atoms with Gasteiger partial charge in [-0.1, -0.05) is 24.3 Å². The van der Waals surface area contributed by atoms with Crippen molar-refractivity contribution in [3.63, 3.8) is 0 Å². The second-order valence-electron chi connectivity index (χ2n) is 9.79. The van der Waals surface area contributed by atoms with Crippen LogP contribution in [-0.4, -0.2) is 64.6 Å². The van der Waals surface area contributed by atoms with Crippen molar-refractivity contribution in [3.8, 4) is 0 Å². The van der Waals surface area contributed by atoms with Crippen LogP contribution in [0.5, 0.6) is 0 Å². The maximum atomic E-state index is 14.6. The van der Waals surface area contributed by atoms with Gasteiger partial charge in [0.1, 0.15) is 10.6 Å². The molecule has 2 saturated heterocycles. The lowest BCUT2D eigenvalue weighted by molar-refractivity contribution is -0.348. The molecule has 220 valence electrons. The maximum Gasteiger partial charge on any atom is 0.435 e. The number of alkyl halides is 7. The first-order valence-corrected chi connectivity index (χ1v) is 15.0. The molecule has 0 bridgehead atoms. The van der Waals surface area contributed by atoms with Gasteiger partial charge in [0.25, 0.3) is 0 Å². The van der Waals surface area contributed by atoms with Gasteiger partial charge in [0.05, 0.1) is 22.3 Å². The molecule has 2 aromatic rings. The van der Waals surface area contributed by atoms with E-state index < -0.39 is 82.8 Å². The van der Waals surface area contributed by atoms with Crippen LogP contribution in [0.3, 0.4) is 0 Å². The number of carbonyl (C=O) groups excluding carboxylic acids is 1. The molecule has 40 heavy (non-hydrogen) atoms. The lowest BCUT2D eigenvalue weighted by Gasteiger charge is -2.32. The highest BCUT2D eigenvalue weighted by atomic mass is 32.2. The molecule has 6 nitrogen and oxygen atoms in total. The van der Waals surface area contributed by atoms with E-state index in [0.29, 0.717) is 12.1 Å². The molecule has 2 unspecified atom stereocenters. The fourth-order valence-electron chi connectivity index (χ4n) is 5.16. The molecule has 0 aliphatic carbocycles. The number of likely N-dealkylation sites (tertiary alicyclic amines) is 1. The second-order valence-corrected chi connectivity index (χ2v) is 14.3. The summed E-state index contributed by atoms with van der Waals surface area (Å²) in [7, 11) is -8.10. The molecule has 0 spiro atoms. The quantitative estimate of drug-likeness (QED) is 0.365. The number of amides is 1. The molecule has 2 heterocycles. The summed E-state index contributed by atoms with van der Waals surface area (Å²) in [4.78, 5) is 13.7. The number of benzene rings is 2. The summed E-state index contributed by atoms with van der Waals surface area (Å²) in [5.41, 5.74) is -7.90. The van der Waals surface area contributed by atoms with E-state index >= 15 is 0 Å². The lowest BCUT2D eigenvalue weighted by Crippen LogP contribution is -2.50. The van der Waals surface area contributed by atoms with Gasteiger partial charge < -0.3 is 4.90 Å². The molecule has 4 rings (SSSR count). The summed E-state index contributed by atoms with van der Waals surface area (Å²) >= 11 is 0. The summed E-state index contributed by atoms with van der Waals surface area (Å²) in [5, 5.41) is 0. The summed E-state index contributed by atoms with van der Waals surface area (Å²) < 4.78 is 157. The zero-order valence-corrected chi connectivity index (χ0v) is 21.9. The zero-order chi connectivity index (χ0) is 29.9. The minimum absolute atomic E-state index is 0.00244. The Hall–Kier alpha value is -2.75. The average molecular weight is 620 g/mol. The van der Waals surface area contributed by atoms with Gasteiger partial charge in [-0.2, -0.15) is 26.3 Å². The van der Waals surface area contributed by atoms with Crippen LogP contribution in [0.15, 0.2) is 53.4 Å². The third kappa shape index (κ3) is 4.86. The molecule has 0 aromatic heterocycles. The number of hydrogen-bond donors (Lipinski definition) is 0. The summed E-state index contributed by atoms with van der Waals surface area (Å²) in [6, 6.07) is 5.10. The molecule has 2 fully saturated rings. The van der Waals surface area contributed by atoms with Gasteiger partial charge in [0.2, 0.25) is 5.91 Å². The first-order valence-electron chi connectivity index (χ1n) is 11.7. The van der Waals surface area contributed by atoms with Gasteiger partial charge >= 0.3 is 18.0 Å². The Morgan fingerprint density at radius 3 is 1.93 bits per heavy atom. The van der Waals surface area contributed by atoms with Crippen LogP contribution in [0.1, 0.15) is 24.0 Å². The normalized spacial score (nSPS) is 23.9. The van der Waals surface area contributed by atoms with Crippen molar-refractivity contribution in [3.05, 3.63) is 65.5 Å². The van der Waals surface area contributed by atoms with Crippen LogP contribution < -0.4 is 0 Å². The first kappa shape index (κ1) is 30.2. The first-order chi connectivity index (χ1) is 18.3. The van der Waals surface area contributed by atoms with Crippen molar-refractivity contribution in [1.29, 1.82) is 0 Å². The maximum absolute atomic E-state index is 14.6. The van der Waals surface area contributed by atoms with E-state index in [9.17, 15) is 56.8 Å². The predicted molar refractivity (Wildman–Crippen MR) is 125 cm³/mol. The summed E-state index contributed by atoms with van der Waals surface area (Å²) in [6.45, 7) is -0.865. The molecular formula is C24H21F8NO5S2. The number of nitrogens with zero attached hydrogens (tertiary/aromatic N) is 1. The highest BCUT2D eigenvalue weighted by molar-refractivity contribution is 7.92. The molecule has 0 N–H and O–H groups in total. The van der Waals surface area contributed by atoms with E-state index in [-0.39, 0.29) is 42.8 Å². The Bertz CT molecular complexity index is 1490. The van der Waals surface area contributed by atoms with E-state index in [2.05, 4.69) is 0 Å². The third-order valence-electron chi connectivity index (χ3n) is 7.35. The highest BCUT2D eigenvalue weighted by Gasteiger charge is 2.73. The van der Waals surface area contributed by atoms with E-state index in [4.69, 9.17) is 0 Å². The predicted octanol–water partition coefficient (Wildman–Crippen LogP) is 4.45. The molecule has 2 atom stereocenters. The highest BCUT2D eigenvalue weighted by Crippen LogP contribution is 2.54. The Morgan fingerprint density at radius 1 is 0.900 bits per heavy atom. The minimum atomic E-state index is -6.39. The van der Waals surface area contributed by atoms with Crippen LogP contribution >= 0.6 is 0 Å². The third-order valence-corrected chi connectivity index (χ3v) is 11.6. The van der Waals surface area contributed by atoms with Crippen LogP contribution in [0.2, 0.25) is 0 Å². The molecule has 2 aliphatic heterocycles. The molecule has 16 heteroatoms. The zero-order valence-electron chi connectivity index (χ0n) is 20.3. The Balaban J connectivity index is 1.80. The number of hydrogen-bond acceptors (Lipinski definition) is 5. The van der Waals surface area contributed by atoms with Crippen molar-refractivity contribution >= 4 is 25.6 Å². The average Bonchev–Trinajstić information content (AvgIpc) is 3.47. The van der Waals surface area contributed by atoms with E-state index in [1.54, 1.807) is 0 Å². The molecule has 0 radical (unpaired) electrons. The fourth-order valence-corrected chi connectivity index (χ4v) is 8.97. The minimum Gasteiger partial charge on any atom is -0.340 e. The topological polar surface area (TPSA) is 88.6 Å². The smallest absolute Gasteiger partial charge is 0.340 e. The van der Waals surface area contributed by atoms with Crippen molar-refractivity contribution < 1.29 is 56.8 Å². The standard InChI is InChI=1S/C24H21F8NO5S2/c25-18-5-7-19(8-6-18)40(37,38)21(10-11-33(14-21)20(34)15-9-12-39(35,36)13-15)16-1-3-17(4-2-16)22(26,23(27,28)29)24(30,31)32/h1-8,15H,9-14H2. The van der Waals surface area contributed by atoms with E-state index in [1.807, 2.05) is 0 Å². The van der Waals surface area contributed by atoms with Crippen LogP contribution in [-0.2, 0) is 34.9 Å². The molecule has 0 saturated carbocycles. The number of rotatable bonds is 5. The molecule has 1 amide bonds. The van der Waals surface area contributed by atoms with Crippen LogP contribution in [0.25, 0.3) is 0 Å². The lowest BCUT2D eigenvalue weighted by atomic mass is 9.90. The number of carbonyl (C=O) groups is 1. The summed E-state index contributed by atoms with van der Waals surface area (Å²) in [5.74, 6) is -3.13. The van der Waals surface area contributed by atoms with Gasteiger partial charge in [-0.3, -0.25) is 4.79 Å². The van der Waals surface area contributed by atoms with Crippen LogP contribution in [0.4, 0.5) is 35.1 Å². The van der Waals surface area contributed by atoms with Gasteiger partial charge in [-0.15, -0.1) is 0 Å². The van der Waals surface area contributed by atoms with Gasteiger partial charge in [-0.05, 0) is 42.7 Å². The van der Waals surface area contributed by atoms with Gasteiger partial charge in [0.15, 0.2) is 19.7 Å². The summed E-state index contributed by atoms with van der Waals surface area (Å²) in [6.07, 6.45) is -13.2. The van der Waals surface area contributed by atoms with Crippen molar-refractivity contribution in [2.75, 3.05) is 24.6 Å². The Morgan fingerprint density at radius 2 is 1.45 bits per heavy atom. The fraction of sp³-hybridized carbons (Fsp3) is 0.458. The van der Waals surface area contributed by atoms with Crippen LogP contribution in [0, 0.1) is 11.7 Å². The van der Waals surface area contributed by atoms with Crippen molar-refractivity contribution in [2.24, 2.45) is 5.92 Å². The monoisotopic (exact) mass is 619 g/mol. The van der Waals surface area contributed by atoms with Crippen molar-refractivity contribution in [1.82, 2.24) is 4.90 Å². The van der Waals surface area contributed by atoms with Gasteiger partial charge in [-0.25, -0.2) is 25.6 Å². The molecule has 2 aromatic carbocycles. The second kappa shape index (κ2) is 9.67.